The van der Waals surface area contributed by atoms with E-state index in [4.69, 9.17) is 9.47 Å². The van der Waals surface area contributed by atoms with E-state index < -0.39 is 0 Å². The quantitative estimate of drug-likeness (QED) is 0.186. The lowest BCUT2D eigenvalue weighted by Gasteiger charge is -2.16. The van der Waals surface area contributed by atoms with Crippen molar-refractivity contribution in [2.75, 3.05) is 13.2 Å². The monoisotopic (exact) mass is 310 g/mol. The van der Waals surface area contributed by atoms with Crippen LogP contribution in [-0.4, -0.2) is 19.5 Å². The first-order chi connectivity index (χ1) is 10.8. The SMILES string of the molecule is CCCCCC=CCC=CCCCCCC(OCC)OCC. The molecular formula is C20H38O2. The molecule has 130 valence electrons. The van der Waals surface area contributed by atoms with Gasteiger partial charge in [0.2, 0.25) is 0 Å². The van der Waals surface area contributed by atoms with Gasteiger partial charge in [0.05, 0.1) is 0 Å². The average molecular weight is 311 g/mol. The Morgan fingerprint density at radius 1 is 0.682 bits per heavy atom. The largest absolute Gasteiger partial charge is 0.353 e. The van der Waals surface area contributed by atoms with E-state index in [1.807, 2.05) is 13.8 Å². The Morgan fingerprint density at radius 3 is 1.82 bits per heavy atom. The summed E-state index contributed by atoms with van der Waals surface area (Å²) >= 11 is 0. The minimum absolute atomic E-state index is 0.00314. The van der Waals surface area contributed by atoms with E-state index >= 15 is 0 Å². The van der Waals surface area contributed by atoms with Crippen LogP contribution in [-0.2, 0) is 9.47 Å². The lowest BCUT2D eigenvalue weighted by Crippen LogP contribution is -2.17. The number of hydrogen-bond donors (Lipinski definition) is 0. The van der Waals surface area contributed by atoms with Gasteiger partial charge in [-0.2, -0.15) is 0 Å². The van der Waals surface area contributed by atoms with Crippen molar-refractivity contribution in [1.82, 2.24) is 0 Å². The second kappa shape index (κ2) is 18.4. The fourth-order valence-electron chi connectivity index (χ4n) is 2.36. The first-order valence-electron chi connectivity index (χ1n) is 9.38. The Labute approximate surface area is 139 Å². The normalized spacial score (nSPS) is 12.2. The lowest BCUT2D eigenvalue weighted by atomic mass is 10.1. The Hall–Kier alpha value is -0.600. The summed E-state index contributed by atoms with van der Waals surface area (Å²) in [4.78, 5) is 0. The van der Waals surface area contributed by atoms with Gasteiger partial charge in [-0.25, -0.2) is 0 Å². The molecule has 0 unspecified atom stereocenters. The second-order valence-electron chi connectivity index (χ2n) is 5.65. The van der Waals surface area contributed by atoms with Crippen molar-refractivity contribution >= 4 is 0 Å². The van der Waals surface area contributed by atoms with Crippen molar-refractivity contribution in [2.24, 2.45) is 0 Å². The molecule has 0 heterocycles. The molecule has 0 atom stereocenters. The molecule has 0 aromatic heterocycles. The van der Waals surface area contributed by atoms with Gasteiger partial charge >= 0.3 is 0 Å². The third-order valence-corrected chi connectivity index (χ3v) is 3.60. The first kappa shape index (κ1) is 21.4. The van der Waals surface area contributed by atoms with Crippen molar-refractivity contribution in [2.45, 2.75) is 91.3 Å². The molecule has 2 heteroatoms. The Balaban J connectivity index is 3.39. The fraction of sp³-hybridized carbons (Fsp3) is 0.800. The molecular weight excluding hydrogens is 272 g/mol. The van der Waals surface area contributed by atoms with Crippen LogP contribution in [0.4, 0.5) is 0 Å². The standard InChI is InChI=1S/C20H38O2/c1-4-7-8-9-10-11-12-13-14-15-16-17-18-19-20(21-5-2)22-6-3/h10-11,13-14,20H,4-9,12,15-19H2,1-3H3. The predicted molar refractivity (Wildman–Crippen MR) is 97.2 cm³/mol. The number of rotatable bonds is 16. The van der Waals surface area contributed by atoms with E-state index in [-0.39, 0.29) is 6.29 Å². The van der Waals surface area contributed by atoms with Crippen LogP contribution in [0.2, 0.25) is 0 Å². The van der Waals surface area contributed by atoms with Gasteiger partial charge in [-0.05, 0) is 58.8 Å². The molecule has 0 spiro atoms. The van der Waals surface area contributed by atoms with Crippen molar-refractivity contribution in [3.63, 3.8) is 0 Å². The van der Waals surface area contributed by atoms with E-state index in [9.17, 15) is 0 Å². The zero-order chi connectivity index (χ0) is 16.3. The van der Waals surface area contributed by atoms with Gasteiger partial charge in [0, 0.05) is 13.2 Å². The summed E-state index contributed by atoms with van der Waals surface area (Å²) in [7, 11) is 0. The van der Waals surface area contributed by atoms with E-state index in [1.54, 1.807) is 0 Å². The molecule has 0 aromatic rings. The molecule has 0 radical (unpaired) electrons. The van der Waals surface area contributed by atoms with Crippen LogP contribution in [0.25, 0.3) is 0 Å². The minimum atomic E-state index is 0.00314. The molecule has 0 amide bonds. The molecule has 2 nitrogen and oxygen atoms in total. The van der Waals surface area contributed by atoms with Crippen LogP contribution in [0, 0.1) is 0 Å². The summed E-state index contributed by atoms with van der Waals surface area (Å²) in [6, 6.07) is 0. The molecule has 0 rings (SSSR count). The minimum Gasteiger partial charge on any atom is -0.353 e. The van der Waals surface area contributed by atoms with Crippen LogP contribution in [0.1, 0.15) is 85.0 Å². The number of hydrogen-bond acceptors (Lipinski definition) is 2. The average Bonchev–Trinajstić information content (AvgIpc) is 2.52. The Kier molecular flexibility index (Phi) is 17.9. The summed E-state index contributed by atoms with van der Waals surface area (Å²) in [6.45, 7) is 7.77. The van der Waals surface area contributed by atoms with Crippen LogP contribution >= 0.6 is 0 Å². The lowest BCUT2D eigenvalue weighted by molar-refractivity contribution is -0.140. The van der Waals surface area contributed by atoms with Gasteiger partial charge in [-0.1, -0.05) is 50.5 Å². The molecule has 0 aliphatic heterocycles. The van der Waals surface area contributed by atoms with Crippen LogP contribution in [0.15, 0.2) is 24.3 Å². The summed E-state index contributed by atoms with van der Waals surface area (Å²) in [5, 5.41) is 0. The zero-order valence-electron chi connectivity index (χ0n) is 15.2. The molecule has 0 bridgehead atoms. The molecule has 0 saturated carbocycles. The van der Waals surface area contributed by atoms with Crippen LogP contribution in [0.5, 0.6) is 0 Å². The van der Waals surface area contributed by atoms with Crippen molar-refractivity contribution in [3.8, 4) is 0 Å². The van der Waals surface area contributed by atoms with E-state index in [0.29, 0.717) is 0 Å². The third kappa shape index (κ3) is 15.8. The smallest absolute Gasteiger partial charge is 0.157 e. The Bertz CT molecular complexity index is 252. The highest BCUT2D eigenvalue weighted by Gasteiger charge is 2.06. The highest BCUT2D eigenvalue weighted by molar-refractivity contribution is 4.92. The van der Waals surface area contributed by atoms with Crippen LogP contribution < -0.4 is 0 Å². The second-order valence-corrected chi connectivity index (χ2v) is 5.65. The first-order valence-corrected chi connectivity index (χ1v) is 9.38. The maximum Gasteiger partial charge on any atom is 0.157 e. The molecule has 0 aliphatic carbocycles. The van der Waals surface area contributed by atoms with Crippen molar-refractivity contribution in [3.05, 3.63) is 24.3 Å². The molecule has 22 heavy (non-hydrogen) atoms. The summed E-state index contributed by atoms with van der Waals surface area (Å²) in [5.74, 6) is 0. The zero-order valence-corrected chi connectivity index (χ0v) is 15.2. The van der Waals surface area contributed by atoms with Gasteiger partial charge in [0.15, 0.2) is 6.29 Å². The number of ether oxygens (including phenoxy) is 2. The summed E-state index contributed by atoms with van der Waals surface area (Å²) in [5.41, 5.74) is 0. The van der Waals surface area contributed by atoms with Crippen molar-refractivity contribution < 1.29 is 9.47 Å². The maximum atomic E-state index is 5.55. The van der Waals surface area contributed by atoms with Gasteiger partial charge < -0.3 is 9.47 Å². The molecule has 0 fully saturated rings. The third-order valence-electron chi connectivity index (χ3n) is 3.60. The summed E-state index contributed by atoms with van der Waals surface area (Å²) < 4.78 is 11.1. The summed E-state index contributed by atoms with van der Waals surface area (Å²) in [6.07, 6.45) is 21.5. The number of allylic oxidation sites excluding steroid dienone is 4. The highest BCUT2D eigenvalue weighted by atomic mass is 16.7. The van der Waals surface area contributed by atoms with E-state index in [0.717, 1.165) is 26.1 Å². The maximum absolute atomic E-state index is 5.55. The van der Waals surface area contributed by atoms with Crippen LogP contribution in [0.3, 0.4) is 0 Å². The Morgan fingerprint density at radius 2 is 1.27 bits per heavy atom. The molecule has 0 aromatic carbocycles. The molecule has 0 saturated heterocycles. The van der Waals surface area contributed by atoms with E-state index in [1.165, 1.54) is 51.4 Å². The predicted octanol–water partition coefficient (Wildman–Crippen LogP) is 6.42. The topological polar surface area (TPSA) is 18.5 Å². The number of unbranched alkanes of at least 4 members (excludes halogenated alkanes) is 6. The van der Waals surface area contributed by atoms with Gasteiger partial charge in [-0.3, -0.25) is 0 Å². The van der Waals surface area contributed by atoms with Gasteiger partial charge in [0.25, 0.3) is 0 Å². The van der Waals surface area contributed by atoms with Gasteiger partial charge in [0.1, 0.15) is 0 Å². The van der Waals surface area contributed by atoms with Gasteiger partial charge in [-0.15, -0.1) is 0 Å². The van der Waals surface area contributed by atoms with Crippen molar-refractivity contribution in [1.29, 1.82) is 0 Å². The van der Waals surface area contributed by atoms with E-state index in [2.05, 4.69) is 31.2 Å². The highest BCUT2D eigenvalue weighted by Crippen LogP contribution is 2.10. The fourth-order valence-corrected chi connectivity index (χ4v) is 2.36. The molecule has 0 N–H and O–H groups in total. The molecule has 0 aliphatic rings.